The Balaban J connectivity index is 1.91. The van der Waals surface area contributed by atoms with Crippen LogP contribution in [0.15, 0.2) is 24.3 Å². The van der Waals surface area contributed by atoms with Crippen molar-refractivity contribution in [3.8, 4) is 6.07 Å². The van der Waals surface area contributed by atoms with Crippen LogP contribution in [0.4, 0.5) is 21.8 Å². The maximum Gasteiger partial charge on any atom is 0.224 e. The number of aliphatic hydroxyl groups excluding tert-OH is 1. The van der Waals surface area contributed by atoms with Crippen LogP contribution in [-0.2, 0) is 0 Å². The number of rotatable bonds is 6. The van der Waals surface area contributed by atoms with Gasteiger partial charge in [-0.15, -0.1) is 0 Å². The van der Waals surface area contributed by atoms with E-state index in [0.717, 1.165) is 18.5 Å². The molecule has 1 aliphatic rings. The van der Waals surface area contributed by atoms with Gasteiger partial charge < -0.3 is 15.7 Å². The summed E-state index contributed by atoms with van der Waals surface area (Å²) in [6, 6.07) is 8.07. The molecule has 0 atom stereocenters. The lowest BCUT2D eigenvalue weighted by molar-refractivity contribution is 0.311. The van der Waals surface area contributed by atoms with E-state index in [1.165, 1.54) is 12.1 Å². The van der Waals surface area contributed by atoms with Gasteiger partial charge in [-0.3, -0.25) is 0 Å². The van der Waals surface area contributed by atoms with E-state index in [1.54, 1.807) is 6.07 Å². The molecule has 1 aromatic carbocycles. The van der Waals surface area contributed by atoms with Gasteiger partial charge in [-0.2, -0.15) is 10.2 Å². The number of hydrogen-bond donors (Lipinski definition) is 3. The summed E-state index contributed by atoms with van der Waals surface area (Å²) in [4.78, 5) is 8.73. The van der Waals surface area contributed by atoms with Crippen molar-refractivity contribution in [1.82, 2.24) is 9.97 Å². The van der Waals surface area contributed by atoms with Gasteiger partial charge in [0.2, 0.25) is 5.95 Å². The molecule has 0 radical (unpaired) electrons. The lowest BCUT2D eigenvalue weighted by Crippen LogP contribution is -2.11. The number of nitrogens with zero attached hydrogens (tertiary/aromatic N) is 3. The monoisotopic (exact) mass is 313 g/mol. The van der Waals surface area contributed by atoms with E-state index < -0.39 is 5.82 Å². The number of aliphatic hydroxyl groups is 1. The Morgan fingerprint density at radius 1 is 1.35 bits per heavy atom. The molecule has 23 heavy (non-hydrogen) atoms. The Bertz CT molecular complexity index is 755. The van der Waals surface area contributed by atoms with E-state index in [-0.39, 0.29) is 12.2 Å². The van der Waals surface area contributed by atoms with Crippen molar-refractivity contribution in [3.63, 3.8) is 0 Å². The highest BCUT2D eigenvalue weighted by atomic mass is 19.1. The molecule has 0 unspecified atom stereocenters. The lowest BCUT2D eigenvalue weighted by atomic mass is 10.2. The van der Waals surface area contributed by atoms with Gasteiger partial charge in [0.25, 0.3) is 0 Å². The normalized spacial score (nSPS) is 13.4. The molecule has 0 amide bonds. The number of nitrogens with one attached hydrogen (secondary N) is 2. The van der Waals surface area contributed by atoms with E-state index >= 15 is 0 Å². The van der Waals surface area contributed by atoms with E-state index in [4.69, 9.17) is 10.4 Å². The molecule has 6 nitrogen and oxygen atoms in total. The van der Waals surface area contributed by atoms with Gasteiger partial charge in [0.1, 0.15) is 23.3 Å². The summed E-state index contributed by atoms with van der Waals surface area (Å²) in [7, 11) is 0. The third-order valence-electron chi connectivity index (χ3n) is 3.52. The summed E-state index contributed by atoms with van der Waals surface area (Å²) in [6.45, 7) is 0.319. The van der Waals surface area contributed by atoms with Gasteiger partial charge in [-0.1, -0.05) is 6.07 Å². The zero-order chi connectivity index (χ0) is 16.2. The predicted octanol–water partition coefficient (Wildman–Crippen LogP) is 2.51. The smallest absolute Gasteiger partial charge is 0.224 e. The quantitative estimate of drug-likeness (QED) is 0.758. The van der Waals surface area contributed by atoms with Crippen LogP contribution < -0.4 is 10.6 Å². The molecule has 0 spiro atoms. The molecule has 0 bridgehead atoms. The highest BCUT2D eigenvalue weighted by Gasteiger charge is 2.26. The minimum absolute atomic E-state index is 0.0255. The number of benzene rings is 1. The average molecular weight is 313 g/mol. The molecule has 1 saturated carbocycles. The van der Waals surface area contributed by atoms with Crippen molar-refractivity contribution in [2.24, 2.45) is 0 Å². The van der Waals surface area contributed by atoms with Gasteiger partial charge in [0, 0.05) is 18.5 Å². The molecule has 1 fully saturated rings. The van der Waals surface area contributed by atoms with Crippen molar-refractivity contribution in [3.05, 3.63) is 41.3 Å². The minimum Gasteiger partial charge on any atom is -0.395 e. The second-order valence-electron chi connectivity index (χ2n) is 5.33. The number of anilines is 3. The van der Waals surface area contributed by atoms with E-state index in [9.17, 15) is 4.39 Å². The maximum atomic E-state index is 13.7. The molecule has 7 heteroatoms. The van der Waals surface area contributed by atoms with E-state index in [1.807, 2.05) is 12.1 Å². The molecule has 2 aromatic rings. The van der Waals surface area contributed by atoms with Crippen LogP contribution in [0.3, 0.4) is 0 Å². The van der Waals surface area contributed by atoms with Crippen LogP contribution >= 0.6 is 0 Å². The molecular weight excluding hydrogens is 297 g/mol. The van der Waals surface area contributed by atoms with Crippen molar-refractivity contribution in [1.29, 1.82) is 5.26 Å². The molecule has 3 N–H and O–H groups in total. The maximum absolute atomic E-state index is 13.7. The van der Waals surface area contributed by atoms with Gasteiger partial charge in [0.15, 0.2) is 0 Å². The third kappa shape index (κ3) is 3.55. The number of aromatic nitrogens is 2. The first-order valence-corrected chi connectivity index (χ1v) is 7.40. The number of halogens is 1. The Morgan fingerprint density at radius 3 is 2.87 bits per heavy atom. The molecule has 0 aliphatic heterocycles. The largest absolute Gasteiger partial charge is 0.395 e. The molecule has 3 rings (SSSR count). The predicted molar refractivity (Wildman–Crippen MR) is 84.0 cm³/mol. The Kier molecular flexibility index (Phi) is 4.35. The van der Waals surface area contributed by atoms with Crippen LogP contribution in [0.5, 0.6) is 0 Å². The molecule has 1 aromatic heterocycles. The van der Waals surface area contributed by atoms with Crippen molar-refractivity contribution < 1.29 is 9.50 Å². The summed E-state index contributed by atoms with van der Waals surface area (Å²) in [5.41, 5.74) is 1.21. The zero-order valence-corrected chi connectivity index (χ0v) is 12.4. The fraction of sp³-hybridized carbons (Fsp3) is 0.312. The highest BCUT2D eigenvalue weighted by molar-refractivity contribution is 5.65. The average Bonchev–Trinajstić information content (AvgIpc) is 3.38. The number of hydrogen-bond acceptors (Lipinski definition) is 6. The van der Waals surface area contributed by atoms with Gasteiger partial charge in [-0.05, 0) is 25.0 Å². The molecular formula is C16H16FN5O. The third-order valence-corrected chi connectivity index (χ3v) is 3.52. The SMILES string of the molecule is N#Cc1c(F)cccc1Nc1cc(C2CC2)nc(NCCO)n1. The van der Waals surface area contributed by atoms with Crippen LogP contribution in [0.2, 0.25) is 0 Å². The first kappa shape index (κ1) is 15.2. The summed E-state index contributed by atoms with van der Waals surface area (Å²) in [6.07, 6.45) is 2.17. The summed E-state index contributed by atoms with van der Waals surface area (Å²) in [5, 5.41) is 23.9. The van der Waals surface area contributed by atoms with E-state index in [2.05, 4.69) is 20.6 Å². The fourth-order valence-electron chi connectivity index (χ4n) is 2.24. The highest BCUT2D eigenvalue weighted by Crippen LogP contribution is 2.40. The van der Waals surface area contributed by atoms with Gasteiger partial charge in [-0.25, -0.2) is 9.37 Å². The second-order valence-corrected chi connectivity index (χ2v) is 5.33. The fourth-order valence-corrected chi connectivity index (χ4v) is 2.24. The minimum atomic E-state index is -0.576. The molecule has 0 saturated heterocycles. The Labute approximate surface area is 133 Å². The van der Waals surface area contributed by atoms with Crippen molar-refractivity contribution >= 4 is 17.5 Å². The van der Waals surface area contributed by atoms with Crippen molar-refractivity contribution in [2.75, 3.05) is 23.8 Å². The standard InChI is InChI=1S/C16H16FN5O/c17-12-2-1-3-13(11(12)9-18)20-15-8-14(10-4-5-10)21-16(22-15)19-6-7-23/h1-3,8,10,23H,4-7H2,(H2,19,20,21,22). The summed E-state index contributed by atoms with van der Waals surface area (Å²) in [5.74, 6) is 0.731. The first-order chi connectivity index (χ1) is 11.2. The first-order valence-electron chi connectivity index (χ1n) is 7.40. The second kappa shape index (κ2) is 6.58. The van der Waals surface area contributed by atoms with Gasteiger partial charge >= 0.3 is 0 Å². The van der Waals surface area contributed by atoms with E-state index in [0.29, 0.717) is 29.9 Å². The Hall–Kier alpha value is -2.72. The zero-order valence-electron chi connectivity index (χ0n) is 12.4. The van der Waals surface area contributed by atoms with Crippen LogP contribution in [0.1, 0.15) is 30.0 Å². The van der Waals surface area contributed by atoms with Crippen molar-refractivity contribution in [2.45, 2.75) is 18.8 Å². The summed E-state index contributed by atoms with van der Waals surface area (Å²) < 4.78 is 13.7. The molecule has 1 aliphatic carbocycles. The topological polar surface area (TPSA) is 93.9 Å². The lowest BCUT2D eigenvalue weighted by Gasteiger charge is -2.11. The molecule has 1 heterocycles. The van der Waals surface area contributed by atoms with Gasteiger partial charge in [0.05, 0.1) is 18.0 Å². The van der Waals surface area contributed by atoms with Crippen LogP contribution in [0.25, 0.3) is 0 Å². The van der Waals surface area contributed by atoms with Crippen LogP contribution in [-0.4, -0.2) is 28.2 Å². The Morgan fingerprint density at radius 2 is 2.17 bits per heavy atom. The number of nitriles is 1. The summed E-state index contributed by atoms with van der Waals surface area (Å²) >= 11 is 0. The van der Waals surface area contributed by atoms with Crippen LogP contribution in [0, 0.1) is 17.1 Å². The molecule has 118 valence electrons.